The van der Waals surface area contributed by atoms with E-state index in [0.717, 1.165) is 0 Å². The Labute approximate surface area is 78.5 Å². The maximum atomic E-state index is 10.7. The molecule has 0 radical (unpaired) electrons. The molecule has 0 N–H and O–H groups in total. The molecule has 0 aliphatic heterocycles. The molecule has 0 spiro atoms. The van der Waals surface area contributed by atoms with Gasteiger partial charge in [0.05, 0.1) is 25.6 Å². The summed E-state index contributed by atoms with van der Waals surface area (Å²) in [4.78, 5) is 10.7. The highest BCUT2D eigenvalue weighted by Crippen LogP contribution is 1.83. The Bertz CT molecular complexity index is 154. The van der Waals surface area contributed by atoms with Crippen molar-refractivity contribution >= 4 is 5.97 Å². The van der Waals surface area contributed by atoms with E-state index in [0.29, 0.717) is 26.4 Å². The van der Waals surface area contributed by atoms with Gasteiger partial charge in [-0.1, -0.05) is 0 Å². The molecule has 0 amide bonds. The number of hydrogen-bond donors (Lipinski definition) is 0. The van der Waals surface area contributed by atoms with Gasteiger partial charge in [-0.2, -0.15) is 0 Å². The fourth-order valence-corrected chi connectivity index (χ4v) is 0.613. The lowest BCUT2D eigenvalue weighted by Gasteiger charge is -2.00. The van der Waals surface area contributed by atoms with Crippen LogP contribution in [0.15, 0.2) is 12.3 Å². The Kier molecular flexibility index (Phi) is 8.34. The third-order valence-corrected chi connectivity index (χ3v) is 1.14. The molecule has 0 aromatic heterocycles. The first-order valence-corrected chi connectivity index (χ1v) is 4.33. The summed E-state index contributed by atoms with van der Waals surface area (Å²) in [6.45, 7) is 5.69. The van der Waals surface area contributed by atoms with Gasteiger partial charge in [0.2, 0.25) is 0 Å². The van der Waals surface area contributed by atoms with Gasteiger partial charge in [0.25, 0.3) is 0 Å². The van der Waals surface area contributed by atoms with E-state index in [9.17, 15) is 4.79 Å². The van der Waals surface area contributed by atoms with E-state index in [2.05, 4.69) is 4.74 Å². The Hall–Kier alpha value is -1.03. The lowest BCUT2D eigenvalue weighted by molar-refractivity contribution is -0.137. The molecule has 0 fully saturated rings. The summed E-state index contributed by atoms with van der Waals surface area (Å²) in [6.07, 6.45) is 2.56. The summed E-state index contributed by atoms with van der Waals surface area (Å²) in [5.74, 6) is -0.390. The van der Waals surface area contributed by atoms with Crippen molar-refractivity contribution in [1.82, 2.24) is 0 Å². The minimum Gasteiger partial charge on any atom is -0.499 e. The molecule has 0 aliphatic carbocycles. The Morgan fingerprint density at radius 1 is 1.23 bits per heavy atom. The third-order valence-electron chi connectivity index (χ3n) is 1.14. The number of carbonyl (C=O) groups is 1. The van der Waals surface area contributed by atoms with Gasteiger partial charge < -0.3 is 14.2 Å². The van der Waals surface area contributed by atoms with Gasteiger partial charge in [-0.3, -0.25) is 0 Å². The maximum absolute atomic E-state index is 10.7. The lowest BCUT2D eigenvalue weighted by atomic mass is 10.6. The van der Waals surface area contributed by atoms with Gasteiger partial charge in [0.15, 0.2) is 0 Å². The Morgan fingerprint density at radius 3 is 2.62 bits per heavy atom. The van der Waals surface area contributed by atoms with Crippen LogP contribution in [0.5, 0.6) is 0 Å². The van der Waals surface area contributed by atoms with Crippen LogP contribution in [0, 0.1) is 0 Å². The van der Waals surface area contributed by atoms with Crippen LogP contribution in [-0.4, -0.2) is 32.4 Å². The summed E-state index contributed by atoms with van der Waals surface area (Å²) < 4.78 is 14.6. The van der Waals surface area contributed by atoms with Crippen molar-refractivity contribution in [3.05, 3.63) is 12.3 Å². The van der Waals surface area contributed by atoms with E-state index in [1.807, 2.05) is 6.92 Å². The summed E-state index contributed by atoms with van der Waals surface area (Å²) in [5.41, 5.74) is 0. The van der Waals surface area contributed by atoms with Crippen LogP contribution in [0.2, 0.25) is 0 Å². The van der Waals surface area contributed by atoms with E-state index in [-0.39, 0.29) is 5.97 Å². The SMILES string of the molecule is CCOCCO/C=C/C(=O)OCC. The van der Waals surface area contributed by atoms with E-state index >= 15 is 0 Å². The largest absolute Gasteiger partial charge is 0.499 e. The monoisotopic (exact) mass is 188 g/mol. The molecule has 4 nitrogen and oxygen atoms in total. The molecule has 0 aromatic rings. The molecule has 0 rings (SSSR count). The van der Waals surface area contributed by atoms with Crippen LogP contribution >= 0.6 is 0 Å². The zero-order chi connectivity index (χ0) is 9.94. The summed E-state index contributed by atoms with van der Waals surface area (Å²) >= 11 is 0. The molecule has 0 unspecified atom stereocenters. The van der Waals surface area contributed by atoms with Gasteiger partial charge in [-0.25, -0.2) is 4.79 Å². The molecular formula is C9H16O4. The summed E-state index contributed by atoms with van der Waals surface area (Å²) in [5, 5.41) is 0. The van der Waals surface area contributed by atoms with Gasteiger partial charge >= 0.3 is 5.97 Å². The molecule has 0 saturated carbocycles. The van der Waals surface area contributed by atoms with Gasteiger partial charge in [0, 0.05) is 6.61 Å². The van der Waals surface area contributed by atoms with Crippen LogP contribution in [0.25, 0.3) is 0 Å². The minimum absolute atomic E-state index is 0.377. The Balaban J connectivity index is 3.25. The first-order valence-electron chi connectivity index (χ1n) is 4.33. The molecule has 0 saturated heterocycles. The van der Waals surface area contributed by atoms with Crippen molar-refractivity contribution in [2.24, 2.45) is 0 Å². The van der Waals surface area contributed by atoms with Crippen molar-refractivity contribution in [1.29, 1.82) is 0 Å². The third kappa shape index (κ3) is 8.88. The van der Waals surface area contributed by atoms with Crippen molar-refractivity contribution < 1.29 is 19.0 Å². The zero-order valence-electron chi connectivity index (χ0n) is 8.12. The number of hydrogen-bond acceptors (Lipinski definition) is 4. The second kappa shape index (κ2) is 9.06. The first kappa shape index (κ1) is 12.0. The molecular weight excluding hydrogens is 172 g/mol. The van der Waals surface area contributed by atoms with Crippen molar-refractivity contribution in [3.63, 3.8) is 0 Å². The zero-order valence-corrected chi connectivity index (χ0v) is 8.12. The second-order valence-electron chi connectivity index (χ2n) is 2.12. The van der Waals surface area contributed by atoms with Crippen LogP contribution in [0.4, 0.5) is 0 Å². The van der Waals surface area contributed by atoms with E-state index in [1.54, 1.807) is 6.92 Å². The second-order valence-corrected chi connectivity index (χ2v) is 2.12. The van der Waals surface area contributed by atoms with Crippen LogP contribution in [0.1, 0.15) is 13.8 Å². The number of rotatable bonds is 7. The molecule has 0 heterocycles. The predicted octanol–water partition coefficient (Wildman–Crippen LogP) is 1.12. The van der Waals surface area contributed by atoms with Gasteiger partial charge in [-0.15, -0.1) is 0 Å². The topological polar surface area (TPSA) is 44.8 Å². The molecule has 0 aromatic carbocycles. The molecule has 13 heavy (non-hydrogen) atoms. The Morgan fingerprint density at radius 2 is 2.00 bits per heavy atom. The van der Waals surface area contributed by atoms with E-state index < -0.39 is 0 Å². The normalized spacial score (nSPS) is 10.3. The number of esters is 1. The average Bonchev–Trinajstić information content (AvgIpc) is 2.11. The van der Waals surface area contributed by atoms with Crippen LogP contribution in [0.3, 0.4) is 0 Å². The average molecular weight is 188 g/mol. The number of carbonyl (C=O) groups excluding carboxylic acids is 1. The van der Waals surface area contributed by atoms with E-state index in [4.69, 9.17) is 9.47 Å². The minimum atomic E-state index is -0.390. The lowest BCUT2D eigenvalue weighted by Crippen LogP contribution is -2.02. The van der Waals surface area contributed by atoms with Crippen molar-refractivity contribution in [2.75, 3.05) is 26.4 Å². The first-order chi connectivity index (χ1) is 6.31. The standard InChI is InChI=1S/C9H16O4/c1-3-11-7-8-12-6-5-9(10)13-4-2/h5-6H,3-4,7-8H2,1-2H3/b6-5+. The number of ether oxygens (including phenoxy) is 3. The molecule has 0 aliphatic rings. The predicted molar refractivity (Wildman–Crippen MR) is 48.2 cm³/mol. The van der Waals surface area contributed by atoms with Crippen LogP contribution < -0.4 is 0 Å². The van der Waals surface area contributed by atoms with Crippen molar-refractivity contribution in [2.45, 2.75) is 13.8 Å². The fraction of sp³-hybridized carbons (Fsp3) is 0.667. The highest BCUT2D eigenvalue weighted by atomic mass is 16.5. The highest BCUT2D eigenvalue weighted by molar-refractivity contribution is 5.81. The van der Waals surface area contributed by atoms with E-state index in [1.165, 1.54) is 12.3 Å². The van der Waals surface area contributed by atoms with Gasteiger partial charge in [0.1, 0.15) is 6.61 Å². The quantitative estimate of drug-likeness (QED) is 0.260. The molecule has 76 valence electrons. The van der Waals surface area contributed by atoms with Gasteiger partial charge in [-0.05, 0) is 13.8 Å². The molecule has 0 atom stereocenters. The summed E-state index contributed by atoms with van der Waals surface area (Å²) in [7, 11) is 0. The maximum Gasteiger partial charge on any atom is 0.333 e. The summed E-state index contributed by atoms with van der Waals surface area (Å²) in [6, 6.07) is 0. The molecule has 0 bridgehead atoms. The molecule has 4 heteroatoms. The fourth-order valence-electron chi connectivity index (χ4n) is 0.613. The van der Waals surface area contributed by atoms with Crippen LogP contribution in [-0.2, 0) is 19.0 Å². The smallest absolute Gasteiger partial charge is 0.333 e. The highest BCUT2D eigenvalue weighted by Gasteiger charge is 1.92. The van der Waals surface area contributed by atoms with Crippen molar-refractivity contribution in [3.8, 4) is 0 Å².